The van der Waals surface area contributed by atoms with E-state index in [1.54, 1.807) is 13.8 Å². The van der Waals surface area contributed by atoms with Crippen molar-refractivity contribution in [2.24, 2.45) is 11.8 Å². The summed E-state index contributed by atoms with van der Waals surface area (Å²) in [7, 11) is -3.88. The van der Waals surface area contributed by atoms with Crippen LogP contribution in [0.15, 0.2) is 42.2 Å². The summed E-state index contributed by atoms with van der Waals surface area (Å²) in [5.74, 6) is 0.676. The molecule has 7 atom stereocenters. The van der Waals surface area contributed by atoms with Gasteiger partial charge in [-0.3, -0.25) is 14.5 Å². The molecule has 2 heterocycles. The number of allylic oxidation sites excluding steroid dienone is 1. The Morgan fingerprint density at radius 3 is 2.26 bits per heavy atom. The molecule has 3 aliphatic rings. The summed E-state index contributed by atoms with van der Waals surface area (Å²) >= 11 is 0. The smallest absolute Gasteiger partial charge is 0.318 e. The van der Waals surface area contributed by atoms with Gasteiger partial charge in [-0.15, -0.1) is 0 Å². The van der Waals surface area contributed by atoms with Crippen molar-refractivity contribution in [3.05, 3.63) is 47.7 Å². The van der Waals surface area contributed by atoms with Gasteiger partial charge in [0, 0.05) is 31.3 Å². The van der Waals surface area contributed by atoms with E-state index >= 15 is 0 Å². The van der Waals surface area contributed by atoms with E-state index in [2.05, 4.69) is 26.2 Å². The molecule has 2 fully saturated rings. The Labute approximate surface area is 298 Å². The van der Waals surface area contributed by atoms with Gasteiger partial charge in [0.2, 0.25) is 11.8 Å². The number of benzene rings is 1. The van der Waals surface area contributed by atoms with E-state index in [9.17, 15) is 27.9 Å². The van der Waals surface area contributed by atoms with Gasteiger partial charge >= 0.3 is 6.03 Å². The highest BCUT2D eigenvalue weighted by atomic mass is 32.2. The van der Waals surface area contributed by atoms with Crippen molar-refractivity contribution < 1.29 is 32.6 Å². The molecule has 1 aromatic carbocycles. The number of nitrogens with one attached hydrogen (secondary N) is 4. The zero-order valence-corrected chi connectivity index (χ0v) is 31.9. The molecule has 280 valence electrons. The van der Waals surface area contributed by atoms with E-state index in [0.717, 1.165) is 37.5 Å². The average molecular weight is 718 g/mol. The van der Waals surface area contributed by atoms with Crippen molar-refractivity contribution in [3.63, 3.8) is 0 Å². The lowest BCUT2D eigenvalue weighted by atomic mass is 9.72. The van der Waals surface area contributed by atoms with Crippen LogP contribution in [-0.4, -0.2) is 95.9 Å². The standard InChI is InChI=1S/C37H59N5O7S/c1-24-18-19-37(7,49-24)41-34(46)39-31(36(5,6)50(8,47)48)33(45)38-28(20-25-14-10-9-11-15-25)30(43)23-42-22-27-17-13-12-16-26(27)21-29(42)32(44)40-35(2,3)4/h9-11,14-15,18,26-31,43H,12-13,16-17,19-23H2,1-8H3,(H,38,45)(H,40,44)(H2,39,41,46)/t26-,27+,28-,29-,30+,31+,37?/m0/s1. The molecule has 0 aromatic heterocycles. The van der Waals surface area contributed by atoms with Crippen LogP contribution in [-0.2, 0) is 30.6 Å². The van der Waals surface area contributed by atoms with Crippen molar-refractivity contribution in [2.45, 2.75) is 134 Å². The number of fused-ring (bicyclic) bond motifs is 1. The minimum absolute atomic E-state index is 0.0760. The van der Waals surface area contributed by atoms with Gasteiger partial charge in [-0.25, -0.2) is 13.2 Å². The van der Waals surface area contributed by atoms with Crippen molar-refractivity contribution >= 4 is 27.7 Å². The molecule has 2 aliphatic heterocycles. The van der Waals surface area contributed by atoms with Crippen LogP contribution in [0.4, 0.5) is 4.79 Å². The van der Waals surface area contributed by atoms with E-state index in [1.807, 2.05) is 57.2 Å². The van der Waals surface area contributed by atoms with Crippen LogP contribution in [0.25, 0.3) is 0 Å². The average Bonchev–Trinajstić information content (AvgIpc) is 3.35. The van der Waals surface area contributed by atoms with Crippen LogP contribution in [0.5, 0.6) is 0 Å². The summed E-state index contributed by atoms with van der Waals surface area (Å²) in [4.78, 5) is 43.2. The first-order valence-electron chi connectivity index (χ1n) is 17.9. The van der Waals surface area contributed by atoms with E-state index < -0.39 is 62.0 Å². The fourth-order valence-corrected chi connectivity index (χ4v) is 8.04. The molecular formula is C37H59N5O7S. The largest absolute Gasteiger partial charge is 0.473 e. The van der Waals surface area contributed by atoms with Gasteiger partial charge in [-0.1, -0.05) is 49.6 Å². The number of nitrogens with zero attached hydrogens (tertiary/aromatic N) is 1. The number of β-amino-alcohol motifs (C(OH)–C–C–N with tert-alkyl or cyclic N) is 1. The number of carbonyl (C=O) groups is 3. The number of hydrogen-bond acceptors (Lipinski definition) is 8. The maximum atomic E-state index is 14.2. The monoisotopic (exact) mass is 717 g/mol. The van der Waals surface area contributed by atoms with Crippen LogP contribution in [0.2, 0.25) is 0 Å². The van der Waals surface area contributed by atoms with Crippen molar-refractivity contribution in [1.82, 2.24) is 26.2 Å². The van der Waals surface area contributed by atoms with Crippen LogP contribution < -0.4 is 21.3 Å². The molecule has 1 saturated carbocycles. The molecule has 1 aromatic rings. The number of likely N-dealkylation sites (tertiary alicyclic amines) is 1. The number of rotatable bonds is 12. The number of aliphatic hydroxyl groups excluding tert-OH is 1. The molecule has 5 N–H and O–H groups in total. The number of sulfone groups is 1. The second-order valence-electron chi connectivity index (χ2n) is 16.4. The first-order valence-corrected chi connectivity index (χ1v) is 19.8. The Bertz CT molecular complexity index is 1510. The SMILES string of the molecule is CC1=CCC(C)(NC(=O)N[C@H](C(=O)N[C@@H](Cc2ccccc2)[C@H](O)CN2C[C@H]3CCCC[C@H]3C[C@H]2C(=O)NC(C)(C)C)C(C)(C)S(C)(=O)=O)O1. The summed E-state index contributed by atoms with van der Waals surface area (Å²) in [5.41, 5.74) is -0.631. The molecule has 0 bridgehead atoms. The maximum absolute atomic E-state index is 14.2. The Hall–Kier alpha value is -3.16. The molecule has 12 nitrogen and oxygen atoms in total. The molecule has 50 heavy (non-hydrogen) atoms. The number of urea groups is 1. The Morgan fingerprint density at radius 1 is 1.04 bits per heavy atom. The number of hydrogen-bond donors (Lipinski definition) is 5. The molecule has 1 saturated heterocycles. The molecule has 1 unspecified atom stereocenters. The second kappa shape index (κ2) is 15.6. The first-order chi connectivity index (χ1) is 23.2. The predicted molar refractivity (Wildman–Crippen MR) is 194 cm³/mol. The van der Waals surface area contributed by atoms with Crippen LogP contribution in [0, 0.1) is 11.8 Å². The summed E-state index contributed by atoms with van der Waals surface area (Å²) in [6.07, 6.45) is 7.53. The summed E-state index contributed by atoms with van der Waals surface area (Å²) < 4.78 is 30.1. The van der Waals surface area contributed by atoms with Gasteiger partial charge in [0.25, 0.3) is 0 Å². The lowest BCUT2D eigenvalue weighted by Gasteiger charge is -2.47. The Kier molecular flexibility index (Phi) is 12.4. The lowest BCUT2D eigenvalue weighted by Crippen LogP contribution is -2.65. The molecule has 0 radical (unpaired) electrons. The van der Waals surface area contributed by atoms with Crippen molar-refractivity contribution in [1.29, 1.82) is 0 Å². The molecule has 4 amide bonds. The predicted octanol–water partition coefficient (Wildman–Crippen LogP) is 3.40. The topological polar surface area (TPSA) is 166 Å². The minimum Gasteiger partial charge on any atom is -0.473 e. The minimum atomic E-state index is -3.88. The van der Waals surface area contributed by atoms with E-state index in [1.165, 1.54) is 13.8 Å². The highest BCUT2D eigenvalue weighted by molar-refractivity contribution is 7.92. The highest BCUT2D eigenvalue weighted by Crippen LogP contribution is 2.39. The molecular weight excluding hydrogens is 659 g/mol. The van der Waals surface area contributed by atoms with Gasteiger partial charge in [0.1, 0.15) is 6.04 Å². The van der Waals surface area contributed by atoms with Crippen LogP contribution >= 0.6 is 0 Å². The number of piperidine rings is 1. The fourth-order valence-electron chi connectivity index (χ4n) is 7.44. The van der Waals surface area contributed by atoms with Gasteiger partial charge in [0.15, 0.2) is 15.6 Å². The molecule has 4 rings (SSSR count). The quantitative estimate of drug-likeness (QED) is 0.220. The third-order valence-corrected chi connectivity index (χ3v) is 12.7. The first kappa shape index (κ1) is 39.6. The number of carbonyl (C=O) groups excluding carboxylic acids is 3. The molecule has 1 aliphatic carbocycles. The zero-order chi connectivity index (χ0) is 37.1. The highest BCUT2D eigenvalue weighted by Gasteiger charge is 2.47. The van der Waals surface area contributed by atoms with Crippen LogP contribution in [0.1, 0.15) is 92.6 Å². The molecule has 13 heteroatoms. The van der Waals surface area contributed by atoms with E-state index in [0.29, 0.717) is 37.0 Å². The Morgan fingerprint density at radius 2 is 1.68 bits per heavy atom. The second-order valence-corrected chi connectivity index (χ2v) is 19.0. The third-order valence-electron chi connectivity index (χ3n) is 10.5. The summed E-state index contributed by atoms with van der Waals surface area (Å²) in [5, 5.41) is 23.3. The summed E-state index contributed by atoms with van der Waals surface area (Å²) in [6.45, 7) is 12.9. The normalized spacial score (nSPS) is 26.3. The number of amides is 4. The fraction of sp³-hybridized carbons (Fsp3) is 0.703. The van der Waals surface area contributed by atoms with Gasteiger partial charge in [0.05, 0.1) is 28.7 Å². The Balaban J connectivity index is 1.60. The number of aliphatic hydroxyl groups is 1. The maximum Gasteiger partial charge on any atom is 0.318 e. The summed E-state index contributed by atoms with van der Waals surface area (Å²) in [6, 6.07) is 5.79. The van der Waals surface area contributed by atoms with Gasteiger partial charge < -0.3 is 31.1 Å². The lowest BCUT2D eigenvalue weighted by molar-refractivity contribution is -0.133. The van der Waals surface area contributed by atoms with Crippen molar-refractivity contribution in [3.8, 4) is 0 Å². The third kappa shape index (κ3) is 10.2. The van der Waals surface area contributed by atoms with Gasteiger partial charge in [-0.2, -0.15) is 0 Å². The van der Waals surface area contributed by atoms with Crippen LogP contribution in [0.3, 0.4) is 0 Å². The van der Waals surface area contributed by atoms with E-state index in [-0.39, 0.29) is 18.9 Å². The zero-order valence-electron chi connectivity index (χ0n) is 31.0. The number of ether oxygens (including phenoxy) is 1. The molecule has 0 spiro atoms. The van der Waals surface area contributed by atoms with E-state index in [4.69, 9.17) is 4.74 Å². The van der Waals surface area contributed by atoms with Crippen molar-refractivity contribution in [2.75, 3.05) is 19.3 Å². The van der Waals surface area contributed by atoms with Gasteiger partial charge in [-0.05, 0) is 91.2 Å².